The topological polar surface area (TPSA) is 53.4 Å². The Kier molecular flexibility index (Phi) is 3.55. The van der Waals surface area contributed by atoms with E-state index in [4.69, 9.17) is 5.11 Å². The van der Waals surface area contributed by atoms with Gasteiger partial charge < -0.3 is 10.0 Å². The lowest BCUT2D eigenvalue weighted by Crippen LogP contribution is -2.22. The Balaban J connectivity index is 2.21. The van der Waals surface area contributed by atoms with Crippen molar-refractivity contribution >= 4 is 11.8 Å². The Morgan fingerprint density at radius 3 is 2.78 bits per heavy atom. The van der Waals surface area contributed by atoms with E-state index in [1.165, 1.54) is 0 Å². The molecule has 0 spiro atoms. The zero-order chi connectivity index (χ0) is 13.3. The molecule has 1 aliphatic heterocycles. The van der Waals surface area contributed by atoms with E-state index in [-0.39, 0.29) is 0 Å². The molecule has 0 aliphatic carbocycles. The molecule has 2 rings (SSSR count). The van der Waals surface area contributed by atoms with E-state index in [1.54, 1.807) is 12.1 Å². The van der Waals surface area contributed by atoms with Crippen LogP contribution in [0.15, 0.2) is 12.1 Å². The molecule has 1 N–H and O–H groups in total. The van der Waals surface area contributed by atoms with Crippen molar-refractivity contribution in [2.24, 2.45) is 11.8 Å². The van der Waals surface area contributed by atoms with E-state index >= 15 is 0 Å². The standard InChI is InChI=1S/C14H20N2O2/c1-9(2)11-4-5-16(8-11)13-7-12(14(17)18)6-10(3)15-13/h6-7,9,11H,4-5,8H2,1-3H3,(H,17,18). The number of carboxylic acid groups (broad SMARTS) is 1. The summed E-state index contributed by atoms with van der Waals surface area (Å²) in [5.74, 6) is 1.26. The first-order valence-corrected chi connectivity index (χ1v) is 6.44. The largest absolute Gasteiger partial charge is 0.478 e. The molecule has 1 aliphatic rings. The fourth-order valence-electron chi connectivity index (χ4n) is 2.48. The van der Waals surface area contributed by atoms with Gasteiger partial charge in [-0.15, -0.1) is 0 Å². The summed E-state index contributed by atoms with van der Waals surface area (Å²) in [6.45, 7) is 8.26. The molecule has 1 unspecified atom stereocenters. The summed E-state index contributed by atoms with van der Waals surface area (Å²) in [5, 5.41) is 9.07. The molecule has 1 aromatic heterocycles. The van der Waals surface area contributed by atoms with Gasteiger partial charge in [-0.25, -0.2) is 9.78 Å². The van der Waals surface area contributed by atoms with Crippen LogP contribution in [-0.4, -0.2) is 29.1 Å². The minimum Gasteiger partial charge on any atom is -0.478 e. The number of carboxylic acids is 1. The number of aryl methyl sites for hydroxylation is 1. The van der Waals surface area contributed by atoms with Gasteiger partial charge in [-0.3, -0.25) is 0 Å². The van der Waals surface area contributed by atoms with Crippen LogP contribution in [0.25, 0.3) is 0 Å². The van der Waals surface area contributed by atoms with Gasteiger partial charge in [-0.2, -0.15) is 0 Å². The lowest BCUT2D eigenvalue weighted by molar-refractivity contribution is 0.0696. The van der Waals surface area contributed by atoms with Crippen LogP contribution >= 0.6 is 0 Å². The highest BCUT2D eigenvalue weighted by molar-refractivity contribution is 5.88. The van der Waals surface area contributed by atoms with Gasteiger partial charge in [-0.1, -0.05) is 13.8 Å². The first-order valence-electron chi connectivity index (χ1n) is 6.44. The number of anilines is 1. The molecular weight excluding hydrogens is 228 g/mol. The maximum Gasteiger partial charge on any atom is 0.335 e. The van der Waals surface area contributed by atoms with Crippen LogP contribution in [0.4, 0.5) is 5.82 Å². The first-order chi connectivity index (χ1) is 8.47. The molecule has 0 radical (unpaired) electrons. The zero-order valence-corrected chi connectivity index (χ0v) is 11.2. The number of aromatic carboxylic acids is 1. The monoisotopic (exact) mass is 248 g/mol. The smallest absolute Gasteiger partial charge is 0.335 e. The van der Waals surface area contributed by atoms with Crippen molar-refractivity contribution in [2.45, 2.75) is 27.2 Å². The minimum absolute atomic E-state index is 0.325. The maximum absolute atomic E-state index is 11.0. The van der Waals surface area contributed by atoms with Gasteiger partial charge in [0.15, 0.2) is 0 Å². The van der Waals surface area contributed by atoms with E-state index in [0.717, 1.165) is 31.0 Å². The van der Waals surface area contributed by atoms with Gasteiger partial charge in [0.05, 0.1) is 5.56 Å². The van der Waals surface area contributed by atoms with Crippen molar-refractivity contribution in [1.82, 2.24) is 4.98 Å². The fourth-order valence-corrected chi connectivity index (χ4v) is 2.48. The molecule has 0 aromatic carbocycles. The average Bonchev–Trinajstić information content (AvgIpc) is 2.77. The average molecular weight is 248 g/mol. The normalized spacial score (nSPS) is 19.6. The molecule has 0 amide bonds. The third kappa shape index (κ3) is 2.63. The maximum atomic E-state index is 11.0. The van der Waals surface area contributed by atoms with Crippen molar-refractivity contribution in [3.63, 3.8) is 0 Å². The molecule has 4 nitrogen and oxygen atoms in total. The molecule has 1 fully saturated rings. The quantitative estimate of drug-likeness (QED) is 0.893. The predicted molar refractivity (Wildman–Crippen MR) is 71.1 cm³/mol. The van der Waals surface area contributed by atoms with E-state index in [1.807, 2.05) is 6.92 Å². The SMILES string of the molecule is Cc1cc(C(=O)O)cc(N2CCC(C(C)C)C2)n1. The van der Waals surface area contributed by atoms with Crippen LogP contribution in [0, 0.1) is 18.8 Å². The van der Waals surface area contributed by atoms with Gasteiger partial charge in [0.2, 0.25) is 0 Å². The molecule has 18 heavy (non-hydrogen) atoms. The number of hydrogen-bond donors (Lipinski definition) is 1. The van der Waals surface area contributed by atoms with Crippen LogP contribution in [0.3, 0.4) is 0 Å². The summed E-state index contributed by atoms with van der Waals surface area (Å²) >= 11 is 0. The summed E-state index contributed by atoms with van der Waals surface area (Å²) in [5.41, 5.74) is 1.09. The minimum atomic E-state index is -0.888. The molecule has 1 saturated heterocycles. The Labute approximate surface area is 108 Å². The van der Waals surface area contributed by atoms with Crippen molar-refractivity contribution in [3.8, 4) is 0 Å². The van der Waals surface area contributed by atoms with Gasteiger partial charge in [0.25, 0.3) is 0 Å². The van der Waals surface area contributed by atoms with Crippen molar-refractivity contribution in [2.75, 3.05) is 18.0 Å². The molecule has 1 aromatic rings. The Hall–Kier alpha value is -1.58. The summed E-state index contributed by atoms with van der Waals surface area (Å²) in [4.78, 5) is 17.7. The number of hydrogen-bond acceptors (Lipinski definition) is 3. The molecule has 0 bridgehead atoms. The molecule has 98 valence electrons. The van der Waals surface area contributed by atoms with Gasteiger partial charge >= 0.3 is 5.97 Å². The lowest BCUT2D eigenvalue weighted by Gasteiger charge is -2.19. The molecule has 2 heterocycles. The second kappa shape index (κ2) is 4.96. The van der Waals surface area contributed by atoms with Crippen LogP contribution in [-0.2, 0) is 0 Å². The second-order valence-electron chi connectivity index (χ2n) is 5.40. The predicted octanol–water partition coefficient (Wildman–Crippen LogP) is 2.57. The molecule has 4 heteroatoms. The number of nitrogens with zero attached hydrogens (tertiary/aromatic N) is 2. The van der Waals surface area contributed by atoms with Crippen LogP contribution in [0.1, 0.15) is 36.3 Å². The highest BCUT2D eigenvalue weighted by Gasteiger charge is 2.26. The highest BCUT2D eigenvalue weighted by Crippen LogP contribution is 2.27. The third-order valence-corrected chi connectivity index (χ3v) is 3.68. The zero-order valence-electron chi connectivity index (χ0n) is 11.2. The summed E-state index contributed by atoms with van der Waals surface area (Å²) < 4.78 is 0. The Morgan fingerprint density at radius 2 is 2.22 bits per heavy atom. The van der Waals surface area contributed by atoms with Gasteiger partial charge in [-0.05, 0) is 37.3 Å². The number of carbonyl (C=O) groups is 1. The van der Waals surface area contributed by atoms with Gasteiger partial charge in [0, 0.05) is 18.8 Å². The first kappa shape index (κ1) is 12.9. The van der Waals surface area contributed by atoms with Crippen molar-refractivity contribution in [3.05, 3.63) is 23.4 Å². The Bertz CT molecular complexity index is 457. The summed E-state index contributed by atoms with van der Waals surface area (Å²) in [7, 11) is 0. The molecular formula is C14H20N2O2. The summed E-state index contributed by atoms with van der Waals surface area (Å²) in [6, 6.07) is 3.29. The van der Waals surface area contributed by atoms with Crippen LogP contribution in [0.5, 0.6) is 0 Å². The molecule has 1 atom stereocenters. The van der Waals surface area contributed by atoms with Crippen LogP contribution < -0.4 is 4.90 Å². The van der Waals surface area contributed by atoms with E-state index < -0.39 is 5.97 Å². The number of rotatable bonds is 3. The van der Waals surface area contributed by atoms with Gasteiger partial charge in [0.1, 0.15) is 5.82 Å². The third-order valence-electron chi connectivity index (χ3n) is 3.68. The van der Waals surface area contributed by atoms with Crippen LogP contribution in [0.2, 0.25) is 0 Å². The number of aromatic nitrogens is 1. The van der Waals surface area contributed by atoms with Crippen molar-refractivity contribution < 1.29 is 9.90 Å². The second-order valence-corrected chi connectivity index (χ2v) is 5.40. The Morgan fingerprint density at radius 1 is 1.50 bits per heavy atom. The number of pyridine rings is 1. The van der Waals surface area contributed by atoms with Crippen molar-refractivity contribution in [1.29, 1.82) is 0 Å². The molecule has 0 saturated carbocycles. The van der Waals surface area contributed by atoms with E-state index in [2.05, 4.69) is 23.7 Å². The lowest BCUT2D eigenvalue weighted by atomic mass is 9.95. The van der Waals surface area contributed by atoms with E-state index in [0.29, 0.717) is 17.4 Å². The summed E-state index contributed by atoms with van der Waals surface area (Å²) in [6.07, 6.45) is 1.16. The highest BCUT2D eigenvalue weighted by atomic mass is 16.4. The fraction of sp³-hybridized carbons (Fsp3) is 0.571. The van der Waals surface area contributed by atoms with E-state index in [9.17, 15) is 4.79 Å².